The summed E-state index contributed by atoms with van der Waals surface area (Å²) in [5, 5.41) is 108. The molecule has 5 saturated heterocycles. The van der Waals surface area contributed by atoms with Crippen LogP contribution in [-0.4, -0.2) is 138 Å². The molecular weight excluding hydrogens is 761 g/mol. The first kappa shape index (κ1) is 44.7. The molecule has 12 heteroatoms. The number of hydrogen-bond acceptors (Lipinski definition) is 12. The number of aliphatic hydroxyl groups is 8. The molecule has 9 fully saturated rings. The fourth-order valence-corrected chi connectivity index (χ4v) is 16.2. The van der Waals surface area contributed by atoms with E-state index in [1.807, 2.05) is 0 Å². The maximum absolute atomic E-state index is 12.0. The van der Waals surface area contributed by atoms with E-state index >= 15 is 0 Å². The largest absolute Gasteiger partial charge is 0.393 e. The standard InChI is InChI=1S/C48H84N4O8/c53-29-9-1-25(2-10-29)45-37-17-33(57)19-39(49-37)46(26-3-11-30(54)12-4-26)41-21-35(59)23-43(51-41)48(28-7-15-32(56)16-8-28)44-24-36(60)22-42(52-44)47(27-5-13-31(55)14-6-27)40-20-34(58)18-38(45)50-40/h25-60H,1-24H2. The molecule has 0 aromatic heterocycles. The highest BCUT2D eigenvalue weighted by Crippen LogP contribution is 2.48. The minimum Gasteiger partial charge on any atom is -0.393 e. The summed E-state index contributed by atoms with van der Waals surface area (Å²) in [7, 11) is 0. The van der Waals surface area contributed by atoms with Crippen molar-refractivity contribution in [2.75, 3.05) is 0 Å². The molecule has 12 N–H and O–H groups in total. The molecular formula is C48H84N4O8. The van der Waals surface area contributed by atoms with Gasteiger partial charge in [-0.3, -0.25) is 0 Å². The monoisotopic (exact) mass is 845 g/mol. The lowest BCUT2D eigenvalue weighted by Crippen LogP contribution is -2.69. The van der Waals surface area contributed by atoms with Crippen LogP contribution in [0.1, 0.15) is 154 Å². The van der Waals surface area contributed by atoms with Crippen molar-refractivity contribution in [2.24, 2.45) is 47.3 Å². The molecule has 0 aromatic carbocycles. The topological polar surface area (TPSA) is 210 Å². The van der Waals surface area contributed by atoms with E-state index in [1.54, 1.807) is 0 Å². The highest BCUT2D eigenvalue weighted by molar-refractivity contribution is 5.10. The molecule has 8 unspecified atom stereocenters. The Bertz CT molecular complexity index is 1100. The average Bonchev–Trinajstić information content (AvgIpc) is 3.20. The molecule has 344 valence electrons. The summed E-state index contributed by atoms with van der Waals surface area (Å²) in [6.07, 6.45) is 15.7. The van der Waals surface area contributed by atoms with Gasteiger partial charge in [0.1, 0.15) is 0 Å². The predicted molar refractivity (Wildman–Crippen MR) is 230 cm³/mol. The number of nitrogens with one attached hydrogen (secondary N) is 4. The summed E-state index contributed by atoms with van der Waals surface area (Å²) in [4.78, 5) is 0. The maximum Gasteiger partial charge on any atom is 0.0570 e. The van der Waals surface area contributed by atoms with E-state index in [2.05, 4.69) is 21.3 Å². The quantitative estimate of drug-likeness (QED) is 0.197. The van der Waals surface area contributed by atoms with Crippen LogP contribution in [0.2, 0.25) is 0 Å². The molecule has 4 aliphatic carbocycles. The zero-order valence-electron chi connectivity index (χ0n) is 36.4. The molecule has 0 amide bonds. The number of piperidine rings is 4. The third-order valence-corrected chi connectivity index (χ3v) is 18.8. The van der Waals surface area contributed by atoms with Crippen molar-refractivity contribution in [2.45, 2.75) is 251 Å². The highest BCUT2D eigenvalue weighted by Gasteiger charge is 2.53. The van der Waals surface area contributed by atoms with Crippen LogP contribution in [0.15, 0.2) is 0 Å². The fourth-order valence-electron chi connectivity index (χ4n) is 16.2. The maximum atomic E-state index is 12.0. The number of hydrogen-bond donors (Lipinski definition) is 12. The van der Waals surface area contributed by atoms with Crippen molar-refractivity contribution in [3.63, 3.8) is 0 Å². The third kappa shape index (κ3) is 10.0. The first-order chi connectivity index (χ1) is 28.9. The molecule has 9 aliphatic rings. The zero-order valence-corrected chi connectivity index (χ0v) is 36.4. The SMILES string of the molecule is OC1CCC(C2C3CC(O)CC(N3)C(C3CCC(O)CC3)C3CC(O)CC(N3)C(C3CCC(O)CC3)C3CC(O)CC(N3)C(C3CCC(O)CC3)C3CC(O)CC2N3)CC1. The van der Waals surface area contributed by atoms with E-state index in [9.17, 15) is 40.9 Å². The number of aliphatic hydroxyl groups excluding tert-OH is 8. The average molecular weight is 845 g/mol. The predicted octanol–water partition coefficient (Wildman–Crippen LogP) is 2.60. The van der Waals surface area contributed by atoms with Crippen LogP contribution in [0.3, 0.4) is 0 Å². The minimum atomic E-state index is -0.477. The normalized spacial score (nSPS) is 54.8. The van der Waals surface area contributed by atoms with Gasteiger partial charge < -0.3 is 62.1 Å². The van der Waals surface area contributed by atoms with Gasteiger partial charge in [0, 0.05) is 48.3 Å². The minimum absolute atomic E-state index is 0.0139. The Kier molecular flexibility index (Phi) is 14.6. The lowest BCUT2D eigenvalue weighted by atomic mass is 9.62. The van der Waals surface area contributed by atoms with Crippen LogP contribution in [-0.2, 0) is 0 Å². The van der Waals surface area contributed by atoms with Crippen LogP contribution in [0.25, 0.3) is 0 Å². The van der Waals surface area contributed by atoms with Gasteiger partial charge in [0.25, 0.3) is 0 Å². The molecule has 4 saturated carbocycles. The molecule has 5 aliphatic heterocycles. The van der Waals surface area contributed by atoms with E-state index in [1.165, 1.54) is 0 Å². The zero-order chi connectivity index (χ0) is 41.7. The Hall–Kier alpha value is -0.480. The highest BCUT2D eigenvalue weighted by atomic mass is 16.3. The summed E-state index contributed by atoms with van der Waals surface area (Å²) in [6, 6.07) is 0.111. The van der Waals surface area contributed by atoms with Crippen molar-refractivity contribution < 1.29 is 40.9 Å². The van der Waals surface area contributed by atoms with Gasteiger partial charge in [-0.1, -0.05) is 0 Å². The molecule has 0 aromatic rings. The van der Waals surface area contributed by atoms with Gasteiger partial charge in [-0.15, -0.1) is 0 Å². The van der Waals surface area contributed by atoms with E-state index in [4.69, 9.17) is 0 Å². The van der Waals surface area contributed by atoms with Gasteiger partial charge in [0.05, 0.1) is 48.8 Å². The van der Waals surface area contributed by atoms with E-state index in [0.29, 0.717) is 75.0 Å². The Morgan fingerprint density at radius 1 is 0.200 bits per heavy atom. The summed E-state index contributed by atoms with van der Waals surface area (Å²) >= 11 is 0. The lowest BCUT2D eigenvalue weighted by molar-refractivity contribution is -0.0504. The Labute approximate surface area is 359 Å². The lowest BCUT2D eigenvalue weighted by Gasteiger charge is -2.56. The van der Waals surface area contributed by atoms with Crippen molar-refractivity contribution >= 4 is 0 Å². The summed E-state index contributed by atoms with van der Waals surface area (Å²) in [5.74, 6) is 1.90. The van der Waals surface area contributed by atoms with Crippen LogP contribution in [0.5, 0.6) is 0 Å². The molecule has 12 nitrogen and oxygen atoms in total. The smallest absolute Gasteiger partial charge is 0.0570 e. The Morgan fingerprint density at radius 3 is 0.500 bits per heavy atom. The van der Waals surface area contributed by atoms with E-state index in [-0.39, 0.29) is 96.4 Å². The van der Waals surface area contributed by atoms with Crippen molar-refractivity contribution in [3.05, 3.63) is 0 Å². The first-order valence-electron chi connectivity index (χ1n) is 25.4. The fraction of sp³-hybridized carbons (Fsp3) is 1.00. The Balaban J connectivity index is 1.15. The van der Waals surface area contributed by atoms with Crippen LogP contribution < -0.4 is 21.3 Å². The second kappa shape index (κ2) is 19.5. The molecule has 8 atom stereocenters. The van der Waals surface area contributed by atoms with Gasteiger partial charge in [0.2, 0.25) is 0 Å². The molecule has 0 radical (unpaired) electrons. The summed E-state index contributed by atoms with van der Waals surface area (Å²) in [6.45, 7) is 0. The van der Waals surface area contributed by atoms with Gasteiger partial charge in [-0.2, -0.15) is 0 Å². The van der Waals surface area contributed by atoms with E-state index < -0.39 is 24.4 Å². The first-order valence-corrected chi connectivity index (χ1v) is 25.4. The number of fused-ring (bicyclic) bond motifs is 8. The molecule has 60 heavy (non-hydrogen) atoms. The summed E-state index contributed by atoms with van der Waals surface area (Å²) < 4.78 is 0. The second-order valence-electron chi connectivity index (χ2n) is 22.6. The molecule has 5 heterocycles. The van der Waals surface area contributed by atoms with Crippen LogP contribution in [0, 0.1) is 47.3 Å². The van der Waals surface area contributed by atoms with Crippen LogP contribution >= 0.6 is 0 Å². The molecule has 9 rings (SSSR count). The van der Waals surface area contributed by atoms with Crippen molar-refractivity contribution in [3.8, 4) is 0 Å². The van der Waals surface area contributed by atoms with E-state index in [0.717, 1.165) is 103 Å². The van der Waals surface area contributed by atoms with Crippen LogP contribution in [0.4, 0.5) is 0 Å². The van der Waals surface area contributed by atoms with Crippen molar-refractivity contribution in [1.82, 2.24) is 21.3 Å². The van der Waals surface area contributed by atoms with Crippen molar-refractivity contribution in [1.29, 1.82) is 0 Å². The summed E-state index contributed by atoms with van der Waals surface area (Å²) in [5.41, 5.74) is 0. The van der Waals surface area contributed by atoms with Gasteiger partial charge in [0.15, 0.2) is 0 Å². The molecule has 0 spiro atoms. The number of rotatable bonds is 4. The second-order valence-corrected chi connectivity index (χ2v) is 22.6. The van der Waals surface area contributed by atoms with Gasteiger partial charge in [-0.05, 0) is 201 Å². The van der Waals surface area contributed by atoms with Gasteiger partial charge in [-0.25, -0.2) is 0 Å². The molecule has 8 bridgehead atoms. The Morgan fingerprint density at radius 2 is 0.350 bits per heavy atom. The third-order valence-electron chi connectivity index (χ3n) is 18.8. The van der Waals surface area contributed by atoms with Gasteiger partial charge >= 0.3 is 0 Å².